The van der Waals surface area contributed by atoms with Crippen molar-refractivity contribution in [3.05, 3.63) is 151 Å². The lowest BCUT2D eigenvalue weighted by atomic mass is 9.85. The minimum Gasteiger partial charge on any atom is -0.309 e. The fraction of sp³-hybridized carbons (Fsp3) is 0.0256. The Morgan fingerprint density at radius 1 is 0.476 bits per heavy atom. The van der Waals surface area contributed by atoms with Crippen LogP contribution in [0.25, 0.3) is 71.3 Å². The van der Waals surface area contributed by atoms with E-state index in [9.17, 15) is 4.39 Å². The third kappa shape index (κ3) is 3.67. The maximum Gasteiger partial charge on any atom is 0.131 e. The molecule has 200 valence electrons. The second-order valence-electron chi connectivity index (χ2n) is 10.7. The summed E-state index contributed by atoms with van der Waals surface area (Å²) in [5, 5.41) is 6.39. The van der Waals surface area contributed by atoms with Crippen molar-refractivity contribution in [2.75, 3.05) is 0 Å². The van der Waals surface area contributed by atoms with Crippen LogP contribution in [0.1, 0.15) is 5.56 Å². The number of benzene rings is 7. The SMILES string of the molecule is FCc1ccc(F)c(-c2c3ccccc3c(-c3ccc(-n4c5ccccc5c5ccccc54)cc3)c3ccccc23)c1. The van der Waals surface area contributed by atoms with Crippen molar-refractivity contribution in [2.24, 2.45) is 0 Å². The van der Waals surface area contributed by atoms with Gasteiger partial charge in [0.2, 0.25) is 0 Å². The molecule has 0 unspecified atom stereocenters. The number of aromatic nitrogens is 1. The van der Waals surface area contributed by atoms with E-state index in [4.69, 9.17) is 0 Å². The molecule has 0 spiro atoms. The van der Waals surface area contributed by atoms with E-state index < -0.39 is 6.67 Å². The smallest absolute Gasteiger partial charge is 0.131 e. The topological polar surface area (TPSA) is 4.93 Å². The molecule has 0 N–H and O–H groups in total. The number of alkyl halides is 1. The molecule has 1 aromatic heterocycles. The Hall–Kier alpha value is -5.28. The van der Waals surface area contributed by atoms with Crippen LogP contribution in [-0.2, 0) is 6.67 Å². The molecule has 0 aliphatic heterocycles. The van der Waals surface area contributed by atoms with Crippen LogP contribution in [0.3, 0.4) is 0 Å². The molecule has 7 aromatic carbocycles. The Labute approximate surface area is 241 Å². The fourth-order valence-electron chi connectivity index (χ4n) is 6.55. The molecule has 0 fully saturated rings. The van der Waals surface area contributed by atoms with Gasteiger partial charge in [-0.3, -0.25) is 0 Å². The molecule has 8 rings (SSSR count). The molecule has 1 heterocycles. The van der Waals surface area contributed by atoms with Gasteiger partial charge in [0.25, 0.3) is 0 Å². The van der Waals surface area contributed by atoms with Crippen LogP contribution in [0.15, 0.2) is 140 Å². The summed E-state index contributed by atoms with van der Waals surface area (Å²) in [5.41, 5.74) is 7.28. The quantitative estimate of drug-likeness (QED) is 0.194. The molecule has 0 atom stereocenters. The van der Waals surface area contributed by atoms with Crippen LogP contribution < -0.4 is 0 Å². The van der Waals surface area contributed by atoms with Gasteiger partial charge >= 0.3 is 0 Å². The summed E-state index contributed by atoms with van der Waals surface area (Å²) in [6.07, 6.45) is 0. The van der Waals surface area contributed by atoms with Crippen LogP contribution in [0.2, 0.25) is 0 Å². The molecule has 0 bridgehead atoms. The maximum atomic E-state index is 15.3. The molecule has 0 aliphatic rings. The summed E-state index contributed by atoms with van der Waals surface area (Å²) >= 11 is 0. The van der Waals surface area contributed by atoms with Crippen molar-refractivity contribution in [2.45, 2.75) is 6.67 Å². The summed E-state index contributed by atoms with van der Waals surface area (Å²) in [6.45, 7) is -0.639. The first-order chi connectivity index (χ1) is 20.7. The van der Waals surface area contributed by atoms with Crippen LogP contribution >= 0.6 is 0 Å². The monoisotopic (exact) mass is 545 g/mol. The van der Waals surface area contributed by atoms with E-state index in [0.29, 0.717) is 11.1 Å². The summed E-state index contributed by atoms with van der Waals surface area (Å²) in [4.78, 5) is 0. The first kappa shape index (κ1) is 24.5. The first-order valence-electron chi connectivity index (χ1n) is 14.1. The van der Waals surface area contributed by atoms with Gasteiger partial charge in [0, 0.05) is 27.6 Å². The third-order valence-electron chi connectivity index (χ3n) is 8.38. The molecule has 8 aromatic rings. The van der Waals surface area contributed by atoms with Gasteiger partial charge in [0.15, 0.2) is 0 Å². The average Bonchev–Trinajstić information content (AvgIpc) is 3.39. The number of fused-ring (bicyclic) bond motifs is 5. The van der Waals surface area contributed by atoms with Crippen LogP contribution in [-0.4, -0.2) is 4.57 Å². The molecular weight excluding hydrogens is 520 g/mol. The number of nitrogens with zero attached hydrogens (tertiary/aromatic N) is 1. The second kappa shape index (κ2) is 9.67. The van der Waals surface area contributed by atoms with Gasteiger partial charge in [-0.05, 0) is 74.6 Å². The minimum absolute atomic E-state index is 0.356. The third-order valence-corrected chi connectivity index (χ3v) is 8.38. The van der Waals surface area contributed by atoms with Gasteiger partial charge in [-0.2, -0.15) is 0 Å². The Morgan fingerprint density at radius 2 is 0.952 bits per heavy atom. The zero-order chi connectivity index (χ0) is 28.2. The van der Waals surface area contributed by atoms with Crippen molar-refractivity contribution >= 4 is 43.4 Å². The maximum absolute atomic E-state index is 15.3. The molecule has 0 saturated heterocycles. The largest absolute Gasteiger partial charge is 0.309 e. The van der Waals surface area contributed by atoms with E-state index in [2.05, 4.69) is 89.5 Å². The van der Waals surface area contributed by atoms with Crippen molar-refractivity contribution in [1.29, 1.82) is 0 Å². The summed E-state index contributed by atoms with van der Waals surface area (Å²) < 4.78 is 31.3. The lowest BCUT2D eigenvalue weighted by Crippen LogP contribution is -1.95. The van der Waals surface area contributed by atoms with E-state index in [-0.39, 0.29) is 5.82 Å². The van der Waals surface area contributed by atoms with Gasteiger partial charge < -0.3 is 4.57 Å². The Balaban J connectivity index is 1.38. The molecule has 42 heavy (non-hydrogen) atoms. The molecule has 0 amide bonds. The fourth-order valence-corrected chi connectivity index (χ4v) is 6.55. The standard InChI is InChI=1S/C39H25F2N/c40-24-25-17-22-35(41)34(23-25)39-32-13-3-1-11-30(32)38(31-12-2-4-14-33(31)39)26-18-20-27(21-19-26)42-36-15-7-5-9-28(36)29-10-6-8-16-37(29)42/h1-23H,24H2. The Morgan fingerprint density at radius 3 is 1.48 bits per heavy atom. The molecule has 0 aliphatic carbocycles. The molecule has 0 saturated carbocycles. The van der Waals surface area contributed by atoms with Gasteiger partial charge in [-0.15, -0.1) is 0 Å². The van der Waals surface area contributed by atoms with Crippen molar-refractivity contribution in [1.82, 2.24) is 4.57 Å². The average molecular weight is 546 g/mol. The van der Waals surface area contributed by atoms with Crippen molar-refractivity contribution in [3.8, 4) is 27.9 Å². The van der Waals surface area contributed by atoms with Gasteiger partial charge in [0.05, 0.1) is 11.0 Å². The van der Waals surface area contributed by atoms with Crippen molar-refractivity contribution in [3.63, 3.8) is 0 Å². The number of halogens is 2. The Kier molecular flexibility index (Phi) is 5.65. The number of rotatable bonds is 4. The number of hydrogen-bond acceptors (Lipinski definition) is 0. The predicted molar refractivity (Wildman–Crippen MR) is 171 cm³/mol. The highest BCUT2D eigenvalue weighted by Crippen LogP contribution is 2.44. The highest BCUT2D eigenvalue weighted by molar-refractivity contribution is 6.21. The summed E-state index contributed by atoms with van der Waals surface area (Å²) in [6, 6.07) is 46.5. The van der Waals surface area contributed by atoms with Gasteiger partial charge in [-0.1, -0.05) is 103 Å². The zero-order valence-corrected chi connectivity index (χ0v) is 22.7. The van der Waals surface area contributed by atoms with E-state index in [0.717, 1.165) is 43.9 Å². The molecular formula is C39H25F2N. The van der Waals surface area contributed by atoms with E-state index >= 15 is 4.39 Å². The van der Waals surface area contributed by atoms with E-state index in [1.165, 1.54) is 33.9 Å². The highest BCUT2D eigenvalue weighted by atomic mass is 19.1. The van der Waals surface area contributed by atoms with Gasteiger partial charge in [0.1, 0.15) is 12.5 Å². The lowest BCUT2D eigenvalue weighted by Gasteiger charge is -2.18. The van der Waals surface area contributed by atoms with Crippen LogP contribution in [0.4, 0.5) is 8.78 Å². The van der Waals surface area contributed by atoms with E-state index in [1.807, 2.05) is 36.4 Å². The first-order valence-corrected chi connectivity index (χ1v) is 14.1. The molecule has 3 heteroatoms. The second-order valence-corrected chi connectivity index (χ2v) is 10.7. The zero-order valence-electron chi connectivity index (χ0n) is 22.7. The van der Waals surface area contributed by atoms with E-state index in [1.54, 1.807) is 6.07 Å². The Bertz CT molecular complexity index is 2180. The highest BCUT2D eigenvalue weighted by Gasteiger charge is 2.19. The summed E-state index contributed by atoms with van der Waals surface area (Å²) in [5.74, 6) is -0.356. The van der Waals surface area contributed by atoms with Crippen LogP contribution in [0, 0.1) is 5.82 Å². The normalized spacial score (nSPS) is 11.7. The molecule has 1 nitrogen and oxygen atoms in total. The molecule has 0 radical (unpaired) electrons. The van der Waals surface area contributed by atoms with Crippen LogP contribution in [0.5, 0.6) is 0 Å². The number of hydrogen-bond donors (Lipinski definition) is 0. The van der Waals surface area contributed by atoms with Gasteiger partial charge in [-0.25, -0.2) is 8.78 Å². The predicted octanol–water partition coefficient (Wildman–Crippen LogP) is 11.0. The van der Waals surface area contributed by atoms with Crippen molar-refractivity contribution < 1.29 is 8.78 Å². The summed E-state index contributed by atoms with van der Waals surface area (Å²) in [7, 11) is 0. The number of para-hydroxylation sites is 2. The minimum atomic E-state index is -0.639. The lowest BCUT2D eigenvalue weighted by molar-refractivity contribution is 0.484.